The Morgan fingerprint density at radius 2 is 2.00 bits per heavy atom. The Labute approximate surface area is 133 Å². The van der Waals surface area contributed by atoms with E-state index in [1.807, 2.05) is 0 Å². The summed E-state index contributed by atoms with van der Waals surface area (Å²) in [5, 5.41) is 3.86. The Balaban J connectivity index is 2.16. The van der Waals surface area contributed by atoms with E-state index in [-0.39, 0.29) is 29.3 Å². The van der Waals surface area contributed by atoms with Crippen molar-refractivity contribution in [3.8, 4) is 11.5 Å². The SMILES string of the molecule is COc1ccc(OC)c(S(=O)(=O)NCCn2ncccc2=O)c1. The molecule has 1 aromatic heterocycles. The third-order valence-electron chi connectivity index (χ3n) is 3.06. The fourth-order valence-corrected chi connectivity index (χ4v) is 3.12. The number of nitrogens with one attached hydrogen (secondary N) is 1. The van der Waals surface area contributed by atoms with Crippen molar-refractivity contribution in [1.82, 2.24) is 14.5 Å². The maximum Gasteiger partial charge on any atom is 0.266 e. The highest BCUT2D eigenvalue weighted by molar-refractivity contribution is 7.89. The first-order valence-electron chi connectivity index (χ1n) is 6.72. The molecule has 1 N–H and O–H groups in total. The van der Waals surface area contributed by atoms with E-state index in [9.17, 15) is 13.2 Å². The van der Waals surface area contributed by atoms with Gasteiger partial charge >= 0.3 is 0 Å². The lowest BCUT2D eigenvalue weighted by molar-refractivity contribution is 0.392. The van der Waals surface area contributed by atoms with Gasteiger partial charge in [0.05, 0.1) is 20.8 Å². The number of hydrogen-bond donors (Lipinski definition) is 1. The van der Waals surface area contributed by atoms with Crippen LogP contribution in [0.1, 0.15) is 0 Å². The monoisotopic (exact) mass is 339 g/mol. The number of aromatic nitrogens is 2. The van der Waals surface area contributed by atoms with Crippen LogP contribution in [0.5, 0.6) is 11.5 Å². The Bertz CT molecular complexity index is 832. The number of sulfonamides is 1. The molecule has 8 nitrogen and oxygen atoms in total. The van der Waals surface area contributed by atoms with Crippen molar-refractivity contribution < 1.29 is 17.9 Å². The molecule has 0 spiro atoms. The van der Waals surface area contributed by atoms with Crippen molar-refractivity contribution in [3.63, 3.8) is 0 Å². The summed E-state index contributed by atoms with van der Waals surface area (Å²) < 4.78 is 38.5. The summed E-state index contributed by atoms with van der Waals surface area (Å²) in [5.41, 5.74) is -0.300. The van der Waals surface area contributed by atoms with E-state index >= 15 is 0 Å². The molecule has 124 valence electrons. The van der Waals surface area contributed by atoms with Crippen molar-refractivity contribution in [3.05, 3.63) is 46.9 Å². The highest BCUT2D eigenvalue weighted by atomic mass is 32.2. The topological polar surface area (TPSA) is 99.5 Å². The molecule has 0 radical (unpaired) electrons. The van der Waals surface area contributed by atoms with E-state index in [0.29, 0.717) is 5.75 Å². The molecule has 23 heavy (non-hydrogen) atoms. The average molecular weight is 339 g/mol. The molecule has 0 aliphatic carbocycles. The largest absolute Gasteiger partial charge is 0.497 e. The highest BCUT2D eigenvalue weighted by Gasteiger charge is 2.20. The molecule has 0 aliphatic heterocycles. The van der Waals surface area contributed by atoms with E-state index in [4.69, 9.17) is 9.47 Å². The minimum Gasteiger partial charge on any atom is -0.497 e. The van der Waals surface area contributed by atoms with Crippen LogP contribution in [0.2, 0.25) is 0 Å². The molecular formula is C14H17N3O5S. The molecule has 1 aromatic carbocycles. The van der Waals surface area contributed by atoms with Crippen molar-refractivity contribution in [2.75, 3.05) is 20.8 Å². The van der Waals surface area contributed by atoms with E-state index in [1.165, 1.54) is 49.4 Å². The zero-order valence-corrected chi connectivity index (χ0v) is 13.5. The van der Waals surface area contributed by atoms with Crippen molar-refractivity contribution in [2.45, 2.75) is 11.4 Å². The van der Waals surface area contributed by atoms with Crippen LogP contribution < -0.4 is 19.8 Å². The zero-order valence-electron chi connectivity index (χ0n) is 12.7. The summed E-state index contributed by atoms with van der Waals surface area (Å²) in [7, 11) is -0.990. The number of benzene rings is 1. The number of nitrogens with zero attached hydrogens (tertiary/aromatic N) is 2. The first-order valence-corrected chi connectivity index (χ1v) is 8.20. The number of methoxy groups -OCH3 is 2. The van der Waals surface area contributed by atoms with E-state index < -0.39 is 10.0 Å². The van der Waals surface area contributed by atoms with Crippen molar-refractivity contribution in [2.24, 2.45) is 0 Å². The lowest BCUT2D eigenvalue weighted by Gasteiger charge is -2.12. The molecule has 2 rings (SSSR count). The van der Waals surface area contributed by atoms with Crippen LogP contribution in [0.25, 0.3) is 0 Å². The summed E-state index contributed by atoms with van der Waals surface area (Å²) in [4.78, 5) is 11.5. The second-order valence-electron chi connectivity index (χ2n) is 4.50. The number of ether oxygens (including phenoxy) is 2. The smallest absolute Gasteiger partial charge is 0.266 e. The number of rotatable bonds is 7. The third kappa shape index (κ3) is 4.08. The molecule has 9 heteroatoms. The fourth-order valence-electron chi connectivity index (χ4n) is 1.91. The fraction of sp³-hybridized carbons (Fsp3) is 0.286. The molecule has 2 aromatic rings. The highest BCUT2D eigenvalue weighted by Crippen LogP contribution is 2.27. The van der Waals surface area contributed by atoms with Gasteiger partial charge < -0.3 is 9.47 Å². The summed E-state index contributed by atoms with van der Waals surface area (Å²) >= 11 is 0. The van der Waals surface area contributed by atoms with Gasteiger partial charge in [-0.25, -0.2) is 17.8 Å². The van der Waals surface area contributed by atoms with Crippen LogP contribution in [0, 0.1) is 0 Å². The second-order valence-corrected chi connectivity index (χ2v) is 6.23. The van der Waals surface area contributed by atoms with Gasteiger partial charge in [0.1, 0.15) is 16.4 Å². The lowest BCUT2D eigenvalue weighted by Crippen LogP contribution is -2.31. The van der Waals surface area contributed by atoms with Crippen molar-refractivity contribution >= 4 is 10.0 Å². The summed E-state index contributed by atoms with van der Waals surface area (Å²) in [5.74, 6) is 0.598. The standard InChI is InChI=1S/C14H17N3O5S/c1-21-11-5-6-12(22-2)13(10-11)23(19,20)16-8-9-17-14(18)4-3-7-15-17/h3-7,10,16H,8-9H2,1-2H3. The maximum absolute atomic E-state index is 12.4. The quantitative estimate of drug-likeness (QED) is 0.776. The normalized spacial score (nSPS) is 11.2. The first kappa shape index (κ1) is 17.0. The molecule has 0 bridgehead atoms. The van der Waals surface area contributed by atoms with Crippen LogP contribution in [0.4, 0.5) is 0 Å². The van der Waals surface area contributed by atoms with Crippen LogP contribution in [-0.4, -0.2) is 39.0 Å². The minimum absolute atomic E-state index is 0.0135. The van der Waals surface area contributed by atoms with Gasteiger partial charge in [-0.2, -0.15) is 5.10 Å². The predicted octanol–water partition coefficient (Wildman–Crippen LogP) is 0.239. The Kier molecular flexibility index (Phi) is 5.35. The Morgan fingerprint density at radius 3 is 2.65 bits per heavy atom. The first-order chi connectivity index (χ1) is 11.0. The molecule has 0 saturated carbocycles. The molecule has 0 fully saturated rings. The van der Waals surface area contributed by atoms with Crippen molar-refractivity contribution in [1.29, 1.82) is 0 Å². The molecule has 0 atom stereocenters. The second kappa shape index (κ2) is 7.25. The summed E-state index contributed by atoms with van der Waals surface area (Å²) in [6.07, 6.45) is 1.46. The molecular weight excluding hydrogens is 322 g/mol. The third-order valence-corrected chi connectivity index (χ3v) is 4.54. The van der Waals surface area contributed by atoms with E-state index in [1.54, 1.807) is 6.07 Å². The van der Waals surface area contributed by atoms with Gasteiger partial charge in [-0.1, -0.05) is 0 Å². The van der Waals surface area contributed by atoms with Gasteiger partial charge in [0, 0.05) is 24.9 Å². The molecule has 0 amide bonds. The van der Waals surface area contributed by atoms with Gasteiger partial charge in [-0.05, 0) is 18.2 Å². The van der Waals surface area contributed by atoms with Crippen LogP contribution in [0.3, 0.4) is 0 Å². The molecule has 0 aliphatic rings. The zero-order chi connectivity index (χ0) is 16.9. The predicted molar refractivity (Wildman–Crippen MR) is 83.2 cm³/mol. The van der Waals surface area contributed by atoms with Crippen LogP contribution >= 0.6 is 0 Å². The van der Waals surface area contributed by atoms with Gasteiger partial charge in [0.15, 0.2) is 0 Å². The van der Waals surface area contributed by atoms with Crippen LogP contribution in [0.15, 0.2) is 46.2 Å². The molecule has 1 heterocycles. The average Bonchev–Trinajstić information content (AvgIpc) is 2.56. The van der Waals surface area contributed by atoms with E-state index in [2.05, 4.69) is 9.82 Å². The maximum atomic E-state index is 12.4. The Morgan fingerprint density at radius 1 is 1.22 bits per heavy atom. The molecule has 0 saturated heterocycles. The van der Waals surface area contributed by atoms with Gasteiger partial charge in [-0.3, -0.25) is 4.79 Å². The summed E-state index contributed by atoms with van der Waals surface area (Å²) in [6, 6.07) is 7.35. The summed E-state index contributed by atoms with van der Waals surface area (Å²) in [6.45, 7) is 0.130. The lowest BCUT2D eigenvalue weighted by atomic mass is 10.3. The van der Waals surface area contributed by atoms with Gasteiger partial charge in [0.25, 0.3) is 5.56 Å². The van der Waals surface area contributed by atoms with Gasteiger partial charge in [0.2, 0.25) is 10.0 Å². The van der Waals surface area contributed by atoms with Gasteiger partial charge in [-0.15, -0.1) is 0 Å². The minimum atomic E-state index is -3.82. The Hall–Kier alpha value is -2.39. The van der Waals surface area contributed by atoms with Crippen LogP contribution in [-0.2, 0) is 16.6 Å². The number of hydrogen-bond acceptors (Lipinski definition) is 6. The molecule has 0 unspecified atom stereocenters. The van der Waals surface area contributed by atoms with E-state index in [0.717, 1.165) is 0 Å².